The Balaban J connectivity index is 3.05. The molecule has 0 rings (SSSR count). The summed E-state index contributed by atoms with van der Waals surface area (Å²) in [5, 5.41) is 0. The Bertz CT molecular complexity index is 529. The third-order valence-electron chi connectivity index (χ3n) is 8.61. The lowest BCUT2D eigenvalue weighted by Gasteiger charge is -2.11. The third kappa shape index (κ3) is 37.9. The molecule has 0 saturated carbocycles. The molecule has 0 aromatic rings. The lowest BCUT2D eigenvalue weighted by Crippen LogP contribution is -2.14. The van der Waals surface area contributed by atoms with Crippen LogP contribution in [0.25, 0.3) is 0 Å². The van der Waals surface area contributed by atoms with Gasteiger partial charge >= 0.3 is 0 Å². The molecule has 0 heterocycles. The highest BCUT2D eigenvalue weighted by molar-refractivity contribution is 7.19. The first-order valence-corrected chi connectivity index (χ1v) is 22.5. The highest BCUT2D eigenvalue weighted by atomic mass is 35.6. The van der Waals surface area contributed by atoms with Crippen LogP contribution in [0.2, 0.25) is 19.1 Å². The van der Waals surface area contributed by atoms with Gasteiger partial charge in [0.25, 0.3) is 0 Å². The second-order valence-electron chi connectivity index (χ2n) is 13.4. The third-order valence-corrected chi connectivity index (χ3v) is 10.7. The van der Waals surface area contributed by atoms with Crippen LogP contribution in [0.5, 0.6) is 0 Å². The number of rotatable bonds is 34. The van der Waals surface area contributed by atoms with Crippen molar-refractivity contribution >= 4 is 24.5 Å². The Morgan fingerprint density at radius 3 is 0.800 bits per heavy atom. The smallest absolute Gasteiger partial charge is 0.211 e. The first-order chi connectivity index (χ1) is 19.6. The average molecular weight is 599 g/mol. The van der Waals surface area contributed by atoms with Crippen LogP contribution in [0.4, 0.5) is 0 Å². The maximum Gasteiger partial charge on any atom is 0.234 e. The number of hydrogen-bond acceptors (Lipinski definition) is 2. The molecule has 0 aliphatic rings. The fraction of sp³-hybridized carbons (Fsp3) is 0.972. The van der Waals surface area contributed by atoms with E-state index in [1.165, 1.54) is 199 Å². The molecule has 0 radical (unpaired) electrons. The van der Waals surface area contributed by atoms with Gasteiger partial charge in [-0.05, 0) is 12.5 Å². The molecule has 0 aromatic heterocycles. The molecule has 2 nitrogen and oxygen atoms in total. The molecular formula is C36H72ClNOSi. The molecule has 0 amide bonds. The van der Waals surface area contributed by atoms with Gasteiger partial charge in [0.15, 0.2) is 0 Å². The Hall–Kier alpha value is -0.113. The molecule has 4 heteroatoms. The van der Waals surface area contributed by atoms with Crippen LogP contribution < -0.4 is 0 Å². The van der Waals surface area contributed by atoms with Crippen LogP contribution in [-0.4, -0.2) is 20.0 Å². The van der Waals surface area contributed by atoms with Crippen LogP contribution in [-0.2, 0) is 4.79 Å². The van der Waals surface area contributed by atoms with Crippen molar-refractivity contribution in [1.29, 1.82) is 0 Å². The number of halogens is 1. The maximum absolute atomic E-state index is 9.99. The van der Waals surface area contributed by atoms with E-state index in [9.17, 15) is 4.79 Å². The zero-order chi connectivity index (χ0) is 29.2. The standard InChI is InChI=1S/C36H72ClNOSi/c1-40(2,37)35-33-31-29-27-25-23-21-19-17-15-13-11-9-7-5-3-4-6-8-10-12-14-16-18-20-22-24-26-28-30-32-34-38-36-39/h3-35H2,1-2H3. The Morgan fingerprint density at radius 1 is 0.400 bits per heavy atom. The first-order valence-electron chi connectivity index (χ1n) is 18.3. The molecule has 0 fully saturated rings. The van der Waals surface area contributed by atoms with Crippen molar-refractivity contribution in [3.8, 4) is 0 Å². The normalized spacial score (nSPS) is 11.7. The van der Waals surface area contributed by atoms with Crippen LogP contribution in [0, 0.1) is 0 Å². The van der Waals surface area contributed by atoms with Gasteiger partial charge in [0.1, 0.15) is 7.38 Å². The zero-order valence-corrected chi connectivity index (χ0v) is 29.3. The van der Waals surface area contributed by atoms with E-state index in [0.717, 1.165) is 6.42 Å². The Labute approximate surface area is 258 Å². The first kappa shape index (κ1) is 39.9. The van der Waals surface area contributed by atoms with E-state index in [-0.39, 0.29) is 0 Å². The summed E-state index contributed by atoms with van der Waals surface area (Å²) in [5.41, 5.74) is 0. The van der Waals surface area contributed by atoms with E-state index in [1.807, 2.05) is 0 Å². The predicted octanol–water partition coefficient (Wildman–Crippen LogP) is 13.9. The molecule has 0 aromatic carbocycles. The second kappa shape index (κ2) is 33.4. The van der Waals surface area contributed by atoms with Gasteiger partial charge in [-0.15, -0.1) is 0 Å². The van der Waals surface area contributed by atoms with E-state index in [1.54, 1.807) is 6.08 Å². The second-order valence-corrected chi connectivity index (χ2v) is 20.4. The van der Waals surface area contributed by atoms with Gasteiger partial charge in [-0.2, -0.15) is 11.1 Å². The summed E-state index contributed by atoms with van der Waals surface area (Å²) >= 11 is 6.39. The van der Waals surface area contributed by atoms with Crippen LogP contribution in [0.3, 0.4) is 0 Å². The molecule has 0 aliphatic carbocycles. The highest BCUT2D eigenvalue weighted by Crippen LogP contribution is 2.20. The van der Waals surface area contributed by atoms with E-state index in [0.29, 0.717) is 6.54 Å². The zero-order valence-electron chi connectivity index (χ0n) is 27.6. The summed E-state index contributed by atoms with van der Waals surface area (Å²) in [4.78, 5) is 13.6. The molecule has 0 spiro atoms. The van der Waals surface area contributed by atoms with E-state index in [2.05, 4.69) is 18.1 Å². The van der Waals surface area contributed by atoms with Crippen molar-refractivity contribution in [3.63, 3.8) is 0 Å². The SMILES string of the molecule is C[Si](C)(Cl)CCCCCCCCCCCCCCCCCCCCCCCCCCCCCCCCCN=C=O. The topological polar surface area (TPSA) is 29.4 Å². The fourth-order valence-corrected chi connectivity index (χ4v) is 7.40. The monoisotopic (exact) mass is 598 g/mol. The van der Waals surface area contributed by atoms with Gasteiger partial charge in [-0.3, -0.25) is 0 Å². The van der Waals surface area contributed by atoms with E-state index >= 15 is 0 Å². The molecular weight excluding hydrogens is 526 g/mol. The van der Waals surface area contributed by atoms with Gasteiger partial charge in [0, 0.05) is 0 Å². The molecule has 0 aliphatic heterocycles. The maximum atomic E-state index is 9.99. The number of unbranched alkanes of at least 4 members (excludes halogenated alkanes) is 30. The average Bonchev–Trinajstić information content (AvgIpc) is 2.92. The van der Waals surface area contributed by atoms with E-state index in [4.69, 9.17) is 11.1 Å². The van der Waals surface area contributed by atoms with Crippen molar-refractivity contribution in [2.24, 2.45) is 4.99 Å². The lowest BCUT2D eigenvalue weighted by atomic mass is 10.0. The van der Waals surface area contributed by atoms with Crippen molar-refractivity contribution in [1.82, 2.24) is 0 Å². The summed E-state index contributed by atoms with van der Waals surface area (Å²) in [6.45, 7) is 5.21. The van der Waals surface area contributed by atoms with Gasteiger partial charge in [0.2, 0.25) is 6.08 Å². The molecule has 0 saturated heterocycles. The molecule has 0 bridgehead atoms. The largest absolute Gasteiger partial charge is 0.234 e. The molecule has 0 N–H and O–H groups in total. The molecule has 238 valence electrons. The minimum atomic E-state index is -1.32. The number of isocyanates is 1. The molecule has 0 atom stereocenters. The molecule has 40 heavy (non-hydrogen) atoms. The number of carbonyl (C=O) groups excluding carboxylic acids is 1. The lowest BCUT2D eigenvalue weighted by molar-refractivity contribution is 0.512. The predicted molar refractivity (Wildman–Crippen MR) is 184 cm³/mol. The Morgan fingerprint density at radius 2 is 0.600 bits per heavy atom. The minimum Gasteiger partial charge on any atom is -0.211 e. The van der Waals surface area contributed by atoms with Crippen molar-refractivity contribution in [3.05, 3.63) is 0 Å². The summed E-state index contributed by atoms with van der Waals surface area (Å²) < 4.78 is 0. The van der Waals surface area contributed by atoms with Gasteiger partial charge in [-0.1, -0.05) is 206 Å². The van der Waals surface area contributed by atoms with Gasteiger partial charge < -0.3 is 0 Å². The Kier molecular flexibility index (Phi) is 33.3. The summed E-state index contributed by atoms with van der Waals surface area (Å²) in [7, 11) is -1.32. The number of nitrogens with zero attached hydrogens (tertiary/aromatic N) is 1. The quantitative estimate of drug-likeness (QED) is 0.0238. The van der Waals surface area contributed by atoms with Crippen molar-refractivity contribution < 1.29 is 4.79 Å². The summed E-state index contributed by atoms with van der Waals surface area (Å²) in [6.07, 6.45) is 45.6. The van der Waals surface area contributed by atoms with E-state index < -0.39 is 7.38 Å². The van der Waals surface area contributed by atoms with Crippen LogP contribution in [0.15, 0.2) is 4.99 Å². The summed E-state index contributed by atoms with van der Waals surface area (Å²) in [5.74, 6) is 0. The van der Waals surface area contributed by atoms with Crippen LogP contribution in [0.1, 0.15) is 199 Å². The number of aliphatic imine (C=N–C) groups is 1. The van der Waals surface area contributed by atoms with Crippen molar-refractivity contribution in [2.75, 3.05) is 6.54 Å². The fourth-order valence-electron chi connectivity index (χ4n) is 5.91. The van der Waals surface area contributed by atoms with Gasteiger partial charge in [-0.25, -0.2) is 9.79 Å². The minimum absolute atomic E-state index is 0.668. The number of hydrogen-bond donors (Lipinski definition) is 0. The summed E-state index contributed by atoms with van der Waals surface area (Å²) in [6, 6.07) is 1.29. The highest BCUT2D eigenvalue weighted by Gasteiger charge is 2.15. The van der Waals surface area contributed by atoms with Crippen molar-refractivity contribution in [2.45, 2.75) is 218 Å². The van der Waals surface area contributed by atoms with Gasteiger partial charge in [0.05, 0.1) is 6.54 Å². The van der Waals surface area contributed by atoms with Crippen LogP contribution >= 0.6 is 11.1 Å². The molecule has 0 unspecified atom stereocenters.